The van der Waals surface area contributed by atoms with E-state index in [4.69, 9.17) is 0 Å². The summed E-state index contributed by atoms with van der Waals surface area (Å²) in [4.78, 5) is 2.49. The van der Waals surface area contributed by atoms with Crippen molar-refractivity contribution in [2.45, 2.75) is 104 Å². The lowest BCUT2D eigenvalue weighted by Crippen LogP contribution is -2.11. The summed E-state index contributed by atoms with van der Waals surface area (Å²) in [7, 11) is 0. The zero-order chi connectivity index (χ0) is 30.6. The molecule has 0 amide bonds. The van der Waals surface area contributed by atoms with Gasteiger partial charge in [-0.2, -0.15) is 0 Å². The highest BCUT2D eigenvalue weighted by molar-refractivity contribution is 9.10. The Hall–Kier alpha value is -3.10. The van der Waals surface area contributed by atoms with Crippen molar-refractivity contribution in [3.8, 4) is 0 Å². The van der Waals surface area contributed by atoms with Gasteiger partial charge in [0.05, 0.1) is 5.69 Å². The van der Waals surface area contributed by atoms with Crippen LogP contribution in [0.5, 0.6) is 0 Å². The molecule has 0 fully saturated rings. The number of aryl methyl sites for hydroxylation is 2. The summed E-state index contributed by atoms with van der Waals surface area (Å²) in [5.74, 6) is 0. The molecule has 1 nitrogen and oxygen atoms in total. The molecule has 5 rings (SSSR count). The Balaban J connectivity index is 1.48. The number of fused-ring (bicyclic) bond motifs is 2. The van der Waals surface area contributed by atoms with Crippen molar-refractivity contribution in [1.29, 1.82) is 0 Å². The van der Waals surface area contributed by atoms with E-state index < -0.39 is 0 Å². The second kappa shape index (κ2) is 16.8. The quantitative estimate of drug-likeness (QED) is 0.0716. The molecule has 0 aliphatic rings. The molecule has 5 aromatic carbocycles. The van der Waals surface area contributed by atoms with E-state index in [1.165, 1.54) is 127 Å². The molecule has 44 heavy (non-hydrogen) atoms. The molecule has 0 aliphatic heterocycles. The second-order valence-electron chi connectivity index (χ2n) is 12.5. The van der Waals surface area contributed by atoms with Crippen LogP contribution >= 0.6 is 15.9 Å². The number of nitrogens with zero attached hydrogens (tertiary/aromatic N) is 1. The third-order valence-corrected chi connectivity index (χ3v) is 9.94. The fourth-order valence-electron chi connectivity index (χ4n) is 6.54. The van der Waals surface area contributed by atoms with E-state index in [1.807, 2.05) is 0 Å². The zero-order valence-corrected chi connectivity index (χ0v) is 28.5. The van der Waals surface area contributed by atoms with Crippen LogP contribution in [-0.4, -0.2) is 0 Å². The molecular weight excluding hydrogens is 598 g/mol. The second-order valence-corrected chi connectivity index (χ2v) is 13.3. The van der Waals surface area contributed by atoms with E-state index in [2.05, 4.69) is 132 Å². The van der Waals surface area contributed by atoms with Crippen molar-refractivity contribution >= 4 is 54.5 Å². The summed E-state index contributed by atoms with van der Waals surface area (Å²) in [6, 6.07) is 36.4. The summed E-state index contributed by atoms with van der Waals surface area (Å²) < 4.78 is 1.16. The Labute approximate surface area is 274 Å². The smallest absolute Gasteiger partial charge is 0.0619 e. The van der Waals surface area contributed by atoms with Crippen molar-refractivity contribution < 1.29 is 0 Å². The molecule has 0 bridgehead atoms. The number of unbranched alkanes of at least 4 members (excludes halogenated alkanes) is 10. The highest BCUT2D eigenvalue weighted by atomic mass is 79.9. The largest absolute Gasteiger partial charge is 0.309 e. The average molecular weight is 649 g/mol. The van der Waals surface area contributed by atoms with Gasteiger partial charge >= 0.3 is 0 Å². The predicted molar refractivity (Wildman–Crippen MR) is 198 cm³/mol. The van der Waals surface area contributed by atoms with Crippen LogP contribution in [0.25, 0.3) is 21.5 Å². The van der Waals surface area contributed by atoms with Crippen LogP contribution < -0.4 is 4.90 Å². The molecule has 0 radical (unpaired) electrons. The topological polar surface area (TPSA) is 3.24 Å². The van der Waals surface area contributed by atoms with Crippen molar-refractivity contribution in [2.75, 3.05) is 4.90 Å². The molecule has 0 saturated carbocycles. The summed E-state index contributed by atoms with van der Waals surface area (Å²) in [6.45, 7) is 4.57. The predicted octanol–water partition coefficient (Wildman–Crippen LogP) is 14.0. The summed E-state index contributed by atoms with van der Waals surface area (Å²) in [5, 5.41) is 4.99. The molecular formula is C42H50BrN. The van der Waals surface area contributed by atoms with Crippen LogP contribution in [0.2, 0.25) is 0 Å². The molecule has 2 heteroatoms. The van der Waals surface area contributed by atoms with Crippen molar-refractivity contribution in [1.82, 2.24) is 0 Å². The van der Waals surface area contributed by atoms with Gasteiger partial charge in [-0.3, -0.25) is 0 Å². The van der Waals surface area contributed by atoms with E-state index in [9.17, 15) is 0 Å². The third-order valence-electron chi connectivity index (χ3n) is 9.09. The summed E-state index contributed by atoms with van der Waals surface area (Å²) >= 11 is 3.97. The van der Waals surface area contributed by atoms with E-state index in [0.717, 1.165) is 17.3 Å². The van der Waals surface area contributed by atoms with E-state index in [0.29, 0.717) is 0 Å². The first-order chi connectivity index (χ1) is 21.7. The van der Waals surface area contributed by atoms with Gasteiger partial charge in [-0.15, -0.1) is 0 Å². The van der Waals surface area contributed by atoms with Crippen LogP contribution in [0.4, 0.5) is 17.1 Å². The molecule has 230 valence electrons. The lowest BCUT2D eigenvalue weighted by molar-refractivity contribution is 0.607. The van der Waals surface area contributed by atoms with Gasteiger partial charge in [0.15, 0.2) is 0 Å². The van der Waals surface area contributed by atoms with Crippen molar-refractivity contribution in [3.63, 3.8) is 0 Å². The molecule has 0 aliphatic carbocycles. The number of anilines is 3. The maximum atomic E-state index is 3.97. The minimum absolute atomic E-state index is 1.16. The fraction of sp³-hybridized carbons (Fsp3) is 0.381. The Kier molecular flexibility index (Phi) is 12.4. The SMILES string of the molecule is CCCCCCCCc1ccc(N(c2ccc(CCCCCCCC)cc2)c2c3ccccc3c(Br)c3ccccc23)cc1. The lowest BCUT2D eigenvalue weighted by Gasteiger charge is -2.29. The highest BCUT2D eigenvalue weighted by Crippen LogP contribution is 2.46. The van der Waals surface area contributed by atoms with E-state index in [1.54, 1.807) is 0 Å². The third kappa shape index (κ3) is 8.13. The Morgan fingerprint density at radius 3 is 1.20 bits per heavy atom. The molecule has 0 unspecified atom stereocenters. The molecule has 0 saturated heterocycles. The van der Waals surface area contributed by atoms with Gasteiger partial charge < -0.3 is 4.90 Å². The molecule has 0 aromatic heterocycles. The summed E-state index contributed by atoms with van der Waals surface area (Å²) in [6.07, 6.45) is 18.3. The summed E-state index contributed by atoms with van der Waals surface area (Å²) in [5.41, 5.74) is 6.52. The highest BCUT2D eigenvalue weighted by Gasteiger charge is 2.20. The van der Waals surface area contributed by atoms with Crippen LogP contribution in [0.3, 0.4) is 0 Å². The minimum atomic E-state index is 1.16. The Morgan fingerprint density at radius 1 is 0.432 bits per heavy atom. The molecule has 0 N–H and O–H groups in total. The number of benzene rings is 5. The van der Waals surface area contributed by atoms with Crippen LogP contribution in [-0.2, 0) is 12.8 Å². The van der Waals surface area contributed by atoms with E-state index >= 15 is 0 Å². The van der Waals surface area contributed by atoms with Crippen molar-refractivity contribution in [2.24, 2.45) is 0 Å². The Bertz CT molecular complexity index is 1470. The maximum Gasteiger partial charge on any atom is 0.0619 e. The van der Waals surface area contributed by atoms with Gasteiger partial charge in [-0.25, -0.2) is 0 Å². The first kappa shape index (κ1) is 32.3. The number of halogens is 1. The maximum absolute atomic E-state index is 3.97. The normalized spacial score (nSPS) is 11.4. The number of hydrogen-bond donors (Lipinski definition) is 0. The van der Waals surface area contributed by atoms with Crippen LogP contribution in [0.15, 0.2) is 102 Å². The van der Waals surface area contributed by atoms with Gasteiger partial charge in [0, 0.05) is 26.6 Å². The zero-order valence-electron chi connectivity index (χ0n) is 27.0. The van der Waals surface area contributed by atoms with E-state index in [-0.39, 0.29) is 0 Å². The lowest BCUT2D eigenvalue weighted by atomic mass is 9.98. The minimum Gasteiger partial charge on any atom is -0.309 e. The fourth-order valence-corrected chi connectivity index (χ4v) is 7.23. The monoisotopic (exact) mass is 647 g/mol. The van der Waals surface area contributed by atoms with Crippen LogP contribution in [0, 0.1) is 0 Å². The standard InChI is InChI=1S/C42H50BrN/c1-3-5-7-9-11-13-19-33-25-29-35(30-26-33)44(36-31-27-34(28-32-36)20-14-12-10-8-6-4-2)42-39-23-17-15-21-37(39)41(43)38-22-16-18-24-40(38)42/h15-18,21-32H,3-14,19-20H2,1-2H3. The first-order valence-electron chi connectivity index (χ1n) is 17.3. The first-order valence-corrected chi connectivity index (χ1v) is 18.1. The van der Waals surface area contributed by atoms with Gasteiger partial charge in [0.2, 0.25) is 0 Å². The molecule has 5 aromatic rings. The average Bonchev–Trinajstić information content (AvgIpc) is 3.07. The van der Waals surface area contributed by atoms with Gasteiger partial charge in [0.1, 0.15) is 0 Å². The van der Waals surface area contributed by atoms with Crippen molar-refractivity contribution in [3.05, 3.63) is 113 Å². The number of hydrogen-bond acceptors (Lipinski definition) is 1. The van der Waals surface area contributed by atoms with Gasteiger partial charge in [0.25, 0.3) is 0 Å². The molecule has 0 spiro atoms. The Morgan fingerprint density at radius 2 is 0.795 bits per heavy atom. The van der Waals surface area contributed by atoms with Gasteiger partial charge in [-0.05, 0) is 87.8 Å². The molecule has 0 heterocycles. The van der Waals surface area contributed by atoms with Gasteiger partial charge in [-0.1, -0.05) is 151 Å². The molecule has 0 atom stereocenters. The number of rotatable bonds is 17. The van der Waals surface area contributed by atoms with Crippen LogP contribution in [0.1, 0.15) is 102 Å².